The minimum absolute atomic E-state index is 0.131. The van der Waals surface area contributed by atoms with E-state index in [-0.39, 0.29) is 21.7 Å². The van der Waals surface area contributed by atoms with Crippen LogP contribution in [0.25, 0.3) is 123 Å². The Kier molecular flexibility index (Phi) is 13.1. The van der Waals surface area contributed by atoms with Crippen LogP contribution in [-0.2, 0) is 21.7 Å². The Morgan fingerprint density at radius 2 is 0.595 bits per heavy atom. The highest BCUT2D eigenvalue weighted by molar-refractivity contribution is 6.13. The first-order chi connectivity index (χ1) is 40.2. The number of hydrogen-bond donors (Lipinski definition) is 0. The minimum atomic E-state index is -0.131. The SMILES string of the molecule is CC(C)(C)c1cc(-c2nc(-c3cc(C(C)(C)C)cc(C(C)(C)C)c3)nc(-c3cc(-c4ccccc4-n4c5ccc(-c6ccccc6)cc5c5cc(-c6ccccc6)ccc54)ccc3-n3c4ccccc4c4ccccc43)n2)cc(C(C)(C)C)c1. The molecule has 0 aliphatic heterocycles. The third kappa shape index (κ3) is 9.89. The largest absolute Gasteiger partial charge is 0.309 e. The third-order valence-electron chi connectivity index (χ3n) is 17.0. The average Bonchev–Trinajstić information content (AvgIpc) is 3.15. The maximum Gasteiger partial charge on any atom is 0.166 e. The fraction of sp³-hybridized carbons (Fsp3) is 0.203. The Balaban J connectivity index is 1.11. The first kappa shape index (κ1) is 54.1. The molecule has 84 heavy (non-hydrogen) atoms. The first-order valence-electron chi connectivity index (χ1n) is 29.7. The molecule has 0 unspecified atom stereocenters. The van der Waals surface area contributed by atoms with E-state index < -0.39 is 0 Å². The Bertz CT molecular complexity index is 4370. The van der Waals surface area contributed by atoms with Gasteiger partial charge < -0.3 is 9.13 Å². The summed E-state index contributed by atoms with van der Waals surface area (Å²) in [4.78, 5) is 17.1. The first-order valence-corrected chi connectivity index (χ1v) is 29.7. The lowest BCUT2D eigenvalue weighted by molar-refractivity contribution is 0.568. The van der Waals surface area contributed by atoms with Crippen molar-refractivity contribution >= 4 is 43.6 Å². The summed E-state index contributed by atoms with van der Waals surface area (Å²) in [7, 11) is 0. The van der Waals surface area contributed by atoms with E-state index in [0.29, 0.717) is 17.5 Å². The van der Waals surface area contributed by atoms with Gasteiger partial charge in [-0.05, 0) is 151 Å². The number of benzene rings is 10. The maximum atomic E-state index is 5.73. The van der Waals surface area contributed by atoms with Gasteiger partial charge in [-0.25, -0.2) is 15.0 Å². The fourth-order valence-electron chi connectivity index (χ4n) is 12.1. The summed E-state index contributed by atoms with van der Waals surface area (Å²) >= 11 is 0. The van der Waals surface area contributed by atoms with Crippen LogP contribution in [0.5, 0.6) is 0 Å². The van der Waals surface area contributed by atoms with Crippen molar-refractivity contribution in [2.45, 2.75) is 105 Å². The van der Waals surface area contributed by atoms with E-state index in [1.165, 1.54) is 66.1 Å². The van der Waals surface area contributed by atoms with Crippen LogP contribution in [0.3, 0.4) is 0 Å². The molecule has 414 valence electrons. The highest BCUT2D eigenvalue weighted by Crippen LogP contribution is 2.44. The number of aromatic nitrogens is 5. The zero-order valence-electron chi connectivity index (χ0n) is 50.6. The Morgan fingerprint density at radius 1 is 0.238 bits per heavy atom. The van der Waals surface area contributed by atoms with Crippen LogP contribution in [0, 0.1) is 0 Å². The second kappa shape index (κ2) is 20.3. The van der Waals surface area contributed by atoms with E-state index in [4.69, 9.17) is 15.0 Å². The van der Waals surface area contributed by atoms with Gasteiger partial charge in [-0.1, -0.05) is 229 Å². The van der Waals surface area contributed by atoms with Crippen molar-refractivity contribution in [2.24, 2.45) is 0 Å². The van der Waals surface area contributed by atoms with Gasteiger partial charge in [0.05, 0.1) is 33.4 Å². The zero-order chi connectivity index (χ0) is 58.5. The Labute approximate surface area is 495 Å². The van der Waals surface area contributed by atoms with Gasteiger partial charge in [-0.3, -0.25) is 0 Å². The molecule has 3 aromatic heterocycles. The average molecular weight is 1090 g/mol. The minimum Gasteiger partial charge on any atom is -0.309 e. The molecule has 5 nitrogen and oxygen atoms in total. The van der Waals surface area contributed by atoms with E-state index in [0.717, 1.165) is 61.3 Å². The molecule has 0 N–H and O–H groups in total. The molecule has 0 aliphatic carbocycles. The molecule has 0 saturated carbocycles. The molecule has 0 atom stereocenters. The lowest BCUT2D eigenvalue weighted by Gasteiger charge is -2.26. The number of hydrogen-bond acceptors (Lipinski definition) is 3. The Morgan fingerprint density at radius 3 is 1.04 bits per heavy atom. The van der Waals surface area contributed by atoms with Gasteiger partial charge in [0, 0.05) is 43.8 Å². The maximum absolute atomic E-state index is 5.73. The van der Waals surface area contributed by atoms with E-state index in [1.807, 2.05) is 0 Å². The van der Waals surface area contributed by atoms with E-state index in [9.17, 15) is 0 Å². The van der Waals surface area contributed by atoms with Gasteiger partial charge in [0.1, 0.15) is 0 Å². The molecule has 13 rings (SSSR count). The highest BCUT2D eigenvalue weighted by Gasteiger charge is 2.28. The predicted molar refractivity (Wildman–Crippen MR) is 356 cm³/mol. The molecule has 0 amide bonds. The van der Waals surface area contributed by atoms with Crippen LogP contribution in [-0.4, -0.2) is 24.1 Å². The Hall–Kier alpha value is -9.19. The number of nitrogens with zero attached hydrogens (tertiary/aromatic N) is 5. The summed E-state index contributed by atoms with van der Waals surface area (Å²) in [6, 6.07) is 82.6. The molecule has 3 heterocycles. The van der Waals surface area contributed by atoms with Crippen molar-refractivity contribution in [3.05, 3.63) is 247 Å². The van der Waals surface area contributed by atoms with Crippen molar-refractivity contribution in [3.63, 3.8) is 0 Å². The lowest BCUT2D eigenvalue weighted by Crippen LogP contribution is -2.17. The van der Waals surface area contributed by atoms with Crippen molar-refractivity contribution in [2.75, 3.05) is 0 Å². The predicted octanol–water partition coefficient (Wildman–Crippen LogP) is 21.3. The lowest BCUT2D eigenvalue weighted by atomic mass is 9.79. The standard InChI is InChI=1S/C79H73N5/c1-76(2,3)57-41-55(42-58(48-57)77(4,5)6)73-80-74(56-43-59(78(7,8)9)49-60(44-56)79(10,11)12)82-75(81-73)66-47-54(37-40-72(66)84-68-33-23-20-30-62(68)63-31-21-24-34-69(63)84)61-29-19-22-32-67(61)83-70-38-35-52(50-25-15-13-16-26-50)45-64(70)65-46-53(36-39-71(65)83)51-27-17-14-18-28-51/h13-49H,1-12H3. The van der Waals surface area contributed by atoms with E-state index in [1.54, 1.807) is 0 Å². The van der Waals surface area contributed by atoms with Crippen molar-refractivity contribution in [3.8, 4) is 78.9 Å². The van der Waals surface area contributed by atoms with Crippen molar-refractivity contribution in [1.29, 1.82) is 0 Å². The summed E-state index contributed by atoms with van der Waals surface area (Å²) in [5.74, 6) is 1.88. The van der Waals surface area contributed by atoms with Gasteiger partial charge in [-0.15, -0.1) is 0 Å². The number of para-hydroxylation sites is 3. The molecule has 0 aliphatic rings. The summed E-state index contributed by atoms with van der Waals surface area (Å²) in [5, 5.41) is 4.76. The van der Waals surface area contributed by atoms with Crippen molar-refractivity contribution in [1.82, 2.24) is 24.1 Å². The van der Waals surface area contributed by atoms with Crippen molar-refractivity contribution < 1.29 is 0 Å². The van der Waals surface area contributed by atoms with Gasteiger partial charge in [0.15, 0.2) is 17.5 Å². The highest BCUT2D eigenvalue weighted by atomic mass is 15.1. The molecule has 0 bridgehead atoms. The van der Waals surface area contributed by atoms with Gasteiger partial charge in [0.2, 0.25) is 0 Å². The fourth-order valence-corrected chi connectivity index (χ4v) is 12.1. The summed E-state index contributed by atoms with van der Waals surface area (Å²) in [6.45, 7) is 27.5. The summed E-state index contributed by atoms with van der Waals surface area (Å²) in [5.41, 5.74) is 20.7. The van der Waals surface area contributed by atoms with Gasteiger partial charge in [0.25, 0.3) is 0 Å². The molecule has 0 saturated heterocycles. The topological polar surface area (TPSA) is 48.5 Å². The second-order valence-electron chi connectivity index (χ2n) is 27.1. The molecule has 0 fully saturated rings. The monoisotopic (exact) mass is 1090 g/mol. The van der Waals surface area contributed by atoms with Crippen LogP contribution < -0.4 is 0 Å². The second-order valence-corrected chi connectivity index (χ2v) is 27.1. The normalized spacial score (nSPS) is 12.5. The number of rotatable bonds is 8. The summed E-state index contributed by atoms with van der Waals surface area (Å²) in [6.07, 6.45) is 0. The van der Waals surface area contributed by atoms with Gasteiger partial charge >= 0.3 is 0 Å². The number of fused-ring (bicyclic) bond motifs is 6. The van der Waals surface area contributed by atoms with Crippen LogP contribution in [0.15, 0.2) is 224 Å². The quantitative estimate of drug-likeness (QED) is 0.152. The van der Waals surface area contributed by atoms with Crippen LogP contribution >= 0.6 is 0 Å². The zero-order valence-corrected chi connectivity index (χ0v) is 50.6. The van der Waals surface area contributed by atoms with E-state index in [2.05, 4.69) is 317 Å². The molecule has 10 aromatic carbocycles. The van der Waals surface area contributed by atoms with Crippen LogP contribution in [0.1, 0.15) is 105 Å². The smallest absolute Gasteiger partial charge is 0.166 e. The molecular formula is C79H73N5. The van der Waals surface area contributed by atoms with Crippen LogP contribution in [0.2, 0.25) is 0 Å². The molecular weight excluding hydrogens is 1020 g/mol. The molecule has 5 heteroatoms. The summed E-state index contributed by atoms with van der Waals surface area (Å²) < 4.78 is 4.88. The van der Waals surface area contributed by atoms with Gasteiger partial charge in [-0.2, -0.15) is 0 Å². The third-order valence-corrected chi connectivity index (χ3v) is 17.0. The molecule has 0 radical (unpaired) electrons. The van der Waals surface area contributed by atoms with Crippen LogP contribution in [0.4, 0.5) is 0 Å². The van der Waals surface area contributed by atoms with E-state index >= 15 is 0 Å². The molecule has 0 spiro atoms. The molecule has 13 aromatic rings.